The average Bonchev–Trinajstić information content (AvgIpc) is 0.722. The quantitative estimate of drug-likeness (QED) is 0.209. The molecule has 8 heteroatoms. The molecular weight excluding hydrogens is 177 g/mol. The van der Waals surface area contributed by atoms with Crippen LogP contribution in [-0.2, 0) is 29.0 Å². The first-order valence-corrected chi connectivity index (χ1v) is 2.00. The Morgan fingerprint density at radius 3 is 1.12 bits per heavy atom. The summed E-state index contributed by atoms with van der Waals surface area (Å²) in [5.41, 5.74) is 0. The van der Waals surface area contributed by atoms with E-state index in [0.29, 0.717) is 0 Å². The van der Waals surface area contributed by atoms with Crippen LogP contribution in [0.4, 0.5) is 0 Å². The summed E-state index contributed by atoms with van der Waals surface area (Å²) in [5, 5.41) is 0. The van der Waals surface area contributed by atoms with E-state index in [-0.39, 0.29) is 67.0 Å². The Bertz CT molecular complexity index is 99.2. The van der Waals surface area contributed by atoms with E-state index < -0.39 is 10.4 Å². The Hall–Kier alpha value is 2.05. The van der Waals surface area contributed by atoms with Crippen molar-refractivity contribution >= 4 is 10.4 Å². The van der Waals surface area contributed by atoms with Crippen molar-refractivity contribution in [1.82, 2.24) is 0 Å². The van der Waals surface area contributed by atoms with Crippen LogP contribution < -0.4 is 48.4 Å². The van der Waals surface area contributed by atoms with Gasteiger partial charge in [0.2, 0.25) is 0 Å². The molecule has 4 nitrogen and oxygen atoms in total. The van der Waals surface area contributed by atoms with E-state index in [0.717, 1.165) is 0 Å². The maximum absolute atomic E-state index is 8.52. The second-order valence-electron chi connectivity index (χ2n) is 0.408. The number of hydrogen-bond acceptors (Lipinski definition) is 4. The third kappa shape index (κ3) is 95.1. The molecule has 0 aromatic rings. The molecule has 0 radical (unpaired) electrons. The van der Waals surface area contributed by atoms with Gasteiger partial charge in [0.25, 0.3) is 0 Å². The Morgan fingerprint density at radius 2 is 1.12 bits per heavy atom. The molecule has 32 valence electrons. The van der Waals surface area contributed by atoms with Gasteiger partial charge < -0.3 is 9.11 Å². The Balaban J connectivity index is -0.0000000267. The van der Waals surface area contributed by atoms with Gasteiger partial charge in [-0.15, -0.1) is 0 Å². The van der Waals surface area contributed by atoms with Crippen LogP contribution in [0.2, 0.25) is 0 Å². The first-order chi connectivity index (χ1) is 2.00. The van der Waals surface area contributed by atoms with Crippen LogP contribution in [0.5, 0.6) is 0 Å². The topological polar surface area (TPSA) is 80.3 Å². The standard InChI is InChI=1S/Li.Na.H2O4S.V/c;;1-5(2,3)4;/h;;(H2,1,2,3,4);/q2*+1;;+5/p-2. The molecule has 0 spiro atoms. The van der Waals surface area contributed by atoms with E-state index in [1.807, 2.05) is 0 Å². The minimum Gasteiger partial charge on any atom is -0.759 e. The van der Waals surface area contributed by atoms with Crippen molar-refractivity contribution in [3.05, 3.63) is 0 Å². The van der Waals surface area contributed by atoms with Crippen molar-refractivity contribution in [1.29, 1.82) is 0 Å². The van der Waals surface area contributed by atoms with E-state index >= 15 is 0 Å². The Labute approximate surface area is 93.7 Å². The zero-order chi connectivity index (χ0) is 4.50. The molecule has 0 unspecified atom stereocenters. The van der Waals surface area contributed by atoms with Crippen molar-refractivity contribution in [2.75, 3.05) is 0 Å². The van der Waals surface area contributed by atoms with Crippen LogP contribution in [0.25, 0.3) is 0 Å². The van der Waals surface area contributed by atoms with Gasteiger partial charge >= 0.3 is 67.0 Å². The molecule has 0 atom stereocenters. The van der Waals surface area contributed by atoms with E-state index in [1.54, 1.807) is 0 Å². The van der Waals surface area contributed by atoms with Gasteiger partial charge in [-0.1, -0.05) is 0 Å². The first kappa shape index (κ1) is 22.5. The third-order valence-corrected chi connectivity index (χ3v) is 0. The SMILES string of the molecule is O=S(=O)([O-])[O-].[Li+].[Na+].[V+5]. The molecular formula is LiNaO4SV+5. The fourth-order valence-electron chi connectivity index (χ4n) is 0. The monoisotopic (exact) mass is 177 g/mol. The van der Waals surface area contributed by atoms with Crippen LogP contribution in [0.1, 0.15) is 0 Å². The van der Waals surface area contributed by atoms with Crippen molar-refractivity contribution in [2.45, 2.75) is 0 Å². The van der Waals surface area contributed by atoms with Crippen molar-refractivity contribution in [3.63, 3.8) is 0 Å². The number of hydrogen-bond donors (Lipinski definition) is 0. The molecule has 0 bridgehead atoms. The van der Waals surface area contributed by atoms with Crippen molar-refractivity contribution in [3.8, 4) is 0 Å². The molecule has 0 aromatic carbocycles. The minimum absolute atomic E-state index is 0. The molecule has 0 rings (SSSR count). The minimum atomic E-state index is -5.17. The van der Waals surface area contributed by atoms with Gasteiger partial charge in [-0.2, -0.15) is 0 Å². The predicted octanol–water partition coefficient (Wildman–Crippen LogP) is -7.33. The first-order valence-electron chi connectivity index (χ1n) is 0.667. The van der Waals surface area contributed by atoms with Gasteiger partial charge in [-0.3, -0.25) is 8.42 Å². The summed E-state index contributed by atoms with van der Waals surface area (Å²) in [4.78, 5) is 0. The van der Waals surface area contributed by atoms with Crippen molar-refractivity contribution < 1.29 is 84.5 Å². The molecule has 8 heavy (non-hydrogen) atoms. The van der Waals surface area contributed by atoms with Gasteiger partial charge in [0.1, 0.15) is 0 Å². The summed E-state index contributed by atoms with van der Waals surface area (Å²) < 4.78 is 34.1. The summed E-state index contributed by atoms with van der Waals surface area (Å²) in [6.45, 7) is 0. The Morgan fingerprint density at radius 1 is 1.12 bits per heavy atom. The summed E-state index contributed by atoms with van der Waals surface area (Å²) >= 11 is 0. The summed E-state index contributed by atoms with van der Waals surface area (Å²) in [6.07, 6.45) is 0. The molecule has 0 amide bonds. The van der Waals surface area contributed by atoms with Gasteiger partial charge in [0.05, 0.1) is 0 Å². The second kappa shape index (κ2) is 9.05. The molecule has 0 heterocycles. The summed E-state index contributed by atoms with van der Waals surface area (Å²) in [7, 11) is -5.17. The zero-order valence-electron chi connectivity index (χ0n) is 4.49. The Kier molecular flexibility index (Phi) is 25.4. The van der Waals surface area contributed by atoms with Gasteiger partial charge in [0, 0.05) is 10.4 Å². The maximum Gasteiger partial charge on any atom is 5.00 e. The molecule has 0 aromatic heterocycles. The zero-order valence-corrected chi connectivity index (χ0v) is 8.70. The van der Waals surface area contributed by atoms with Gasteiger partial charge in [-0.05, 0) is 0 Å². The fourth-order valence-corrected chi connectivity index (χ4v) is 0. The van der Waals surface area contributed by atoms with E-state index in [1.165, 1.54) is 0 Å². The normalized spacial score (nSPS) is 7.25. The second-order valence-corrected chi connectivity index (χ2v) is 1.22. The molecule has 0 N–H and O–H groups in total. The molecule has 0 aliphatic heterocycles. The largest absolute Gasteiger partial charge is 5.00 e. The summed E-state index contributed by atoms with van der Waals surface area (Å²) in [6, 6.07) is 0. The predicted molar refractivity (Wildman–Crippen MR) is 10.5 cm³/mol. The fraction of sp³-hybridized carbons (Fsp3) is 0. The van der Waals surface area contributed by atoms with Crippen molar-refractivity contribution in [2.24, 2.45) is 0 Å². The smallest absolute Gasteiger partial charge is 0.759 e. The van der Waals surface area contributed by atoms with E-state index in [2.05, 4.69) is 0 Å². The van der Waals surface area contributed by atoms with Gasteiger partial charge in [-0.25, -0.2) is 0 Å². The molecule has 0 fully saturated rings. The van der Waals surface area contributed by atoms with E-state index in [9.17, 15) is 0 Å². The van der Waals surface area contributed by atoms with Crippen LogP contribution in [0, 0.1) is 0 Å². The van der Waals surface area contributed by atoms with E-state index in [4.69, 9.17) is 17.5 Å². The molecule has 0 aliphatic carbocycles. The molecule has 0 saturated heterocycles. The van der Waals surface area contributed by atoms with Crippen LogP contribution >= 0.6 is 0 Å². The average molecular weight is 177 g/mol. The van der Waals surface area contributed by atoms with Crippen LogP contribution in [-0.4, -0.2) is 17.5 Å². The third-order valence-electron chi connectivity index (χ3n) is 0. The number of rotatable bonds is 0. The summed E-state index contributed by atoms with van der Waals surface area (Å²) in [5.74, 6) is 0. The maximum atomic E-state index is 8.52. The molecule has 0 aliphatic rings. The van der Waals surface area contributed by atoms with Crippen LogP contribution in [0.15, 0.2) is 0 Å². The molecule has 0 saturated carbocycles. The van der Waals surface area contributed by atoms with Gasteiger partial charge in [0.15, 0.2) is 0 Å². The van der Waals surface area contributed by atoms with Crippen LogP contribution in [0.3, 0.4) is 0 Å².